The Labute approximate surface area is 104 Å². The number of nitrogens with one attached hydrogen (secondary N) is 1. The number of carbonyl (C=O) groups is 1. The Kier molecular flexibility index (Phi) is 4.94. The molecule has 2 atom stereocenters. The number of sulfonamides is 1. The molecule has 0 aliphatic heterocycles. The summed E-state index contributed by atoms with van der Waals surface area (Å²) >= 11 is 0. The number of nitrogens with zero attached hydrogens (tertiary/aromatic N) is 1. The first-order chi connectivity index (χ1) is 7.81. The Morgan fingerprint density at radius 1 is 1.35 bits per heavy atom. The fourth-order valence-corrected chi connectivity index (χ4v) is 2.80. The van der Waals surface area contributed by atoms with E-state index in [0.29, 0.717) is 5.92 Å². The van der Waals surface area contributed by atoms with Crippen LogP contribution in [-0.4, -0.2) is 44.5 Å². The van der Waals surface area contributed by atoms with E-state index in [1.165, 1.54) is 20.5 Å². The van der Waals surface area contributed by atoms with Gasteiger partial charge in [-0.25, -0.2) is 12.7 Å². The molecule has 1 aliphatic rings. The third-order valence-electron chi connectivity index (χ3n) is 3.17. The van der Waals surface area contributed by atoms with Gasteiger partial charge in [0.15, 0.2) is 0 Å². The predicted molar refractivity (Wildman–Crippen MR) is 67.0 cm³/mol. The summed E-state index contributed by atoms with van der Waals surface area (Å²) in [5, 5.41) is 2.82. The maximum Gasteiger partial charge on any atom is 0.236 e. The summed E-state index contributed by atoms with van der Waals surface area (Å²) in [7, 11) is -0.569. The number of amides is 1. The van der Waals surface area contributed by atoms with Crippen molar-refractivity contribution in [3.05, 3.63) is 0 Å². The Morgan fingerprint density at radius 2 is 2.00 bits per heavy atom. The van der Waals surface area contributed by atoms with E-state index in [2.05, 4.69) is 12.2 Å². The van der Waals surface area contributed by atoms with Gasteiger partial charge < -0.3 is 5.32 Å². The minimum Gasteiger partial charge on any atom is -0.352 e. The van der Waals surface area contributed by atoms with Gasteiger partial charge in [-0.2, -0.15) is 0 Å². The first-order valence-electron chi connectivity index (χ1n) is 6.01. The maximum absolute atomic E-state index is 11.6. The minimum absolute atomic E-state index is 0.142. The zero-order valence-electron chi connectivity index (χ0n) is 10.8. The lowest BCUT2D eigenvalue weighted by Gasteiger charge is -2.27. The predicted octanol–water partition coefficient (Wildman–Crippen LogP) is 0.573. The summed E-state index contributed by atoms with van der Waals surface area (Å²) in [4.78, 5) is 11.6. The van der Waals surface area contributed by atoms with Gasteiger partial charge >= 0.3 is 0 Å². The molecule has 0 heterocycles. The average Bonchev–Trinajstić information content (AvgIpc) is 2.15. The van der Waals surface area contributed by atoms with E-state index in [0.717, 1.165) is 23.6 Å². The molecule has 0 radical (unpaired) electrons. The zero-order chi connectivity index (χ0) is 13.1. The van der Waals surface area contributed by atoms with E-state index >= 15 is 0 Å². The van der Waals surface area contributed by atoms with E-state index in [4.69, 9.17) is 0 Å². The number of hydrogen-bond acceptors (Lipinski definition) is 3. The van der Waals surface area contributed by atoms with Crippen LogP contribution in [0.5, 0.6) is 0 Å². The van der Waals surface area contributed by atoms with Crippen molar-refractivity contribution < 1.29 is 13.2 Å². The van der Waals surface area contributed by atoms with Gasteiger partial charge in [-0.1, -0.05) is 19.8 Å². The lowest BCUT2D eigenvalue weighted by atomic mass is 9.87. The molecule has 1 N–H and O–H groups in total. The zero-order valence-corrected chi connectivity index (χ0v) is 11.6. The second kappa shape index (κ2) is 5.82. The molecule has 100 valence electrons. The van der Waals surface area contributed by atoms with E-state index in [1.54, 1.807) is 0 Å². The van der Waals surface area contributed by atoms with Gasteiger partial charge in [0.1, 0.15) is 5.75 Å². The second-order valence-electron chi connectivity index (χ2n) is 5.07. The van der Waals surface area contributed by atoms with Crippen molar-refractivity contribution in [2.75, 3.05) is 19.8 Å². The van der Waals surface area contributed by atoms with Crippen LogP contribution in [0, 0.1) is 5.92 Å². The third-order valence-corrected chi connectivity index (χ3v) is 4.91. The van der Waals surface area contributed by atoms with Gasteiger partial charge in [0.05, 0.1) is 0 Å². The van der Waals surface area contributed by atoms with Crippen molar-refractivity contribution in [3.8, 4) is 0 Å². The summed E-state index contributed by atoms with van der Waals surface area (Å²) in [5.74, 6) is -0.234. The minimum atomic E-state index is -3.44. The van der Waals surface area contributed by atoms with Crippen molar-refractivity contribution in [1.29, 1.82) is 0 Å². The van der Waals surface area contributed by atoms with Gasteiger partial charge in [0.25, 0.3) is 0 Å². The van der Waals surface area contributed by atoms with E-state index in [-0.39, 0.29) is 6.04 Å². The summed E-state index contributed by atoms with van der Waals surface area (Å²) in [6, 6.07) is 0.142. The smallest absolute Gasteiger partial charge is 0.236 e. The highest BCUT2D eigenvalue weighted by molar-refractivity contribution is 7.89. The van der Waals surface area contributed by atoms with Crippen LogP contribution in [0.25, 0.3) is 0 Å². The molecule has 1 rings (SSSR count). The SMILES string of the molecule is CC1CCCC(NC(=O)CS(=O)(=O)N(C)C)C1. The van der Waals surface area contributed by atoms with E-state index < -0.39 is 21.7 Å². The Hall–Kier alpha value is -0.620. The topological polar surface area (TPSA) is 66.5 Å². The van der Waals surface area contributed by atoms with Crippen LogP contribution in [0.3, 0.4) is 0 Å². The van der Waals surface area contributed by atoms with Crippen LogP contribution in [0.1, 0.15) is 32.6 Å². The molecule has 0 bridgehead atoms. The van der Waals surface area contributed by atoms with Crippen LogP contribution < -0.4 is 5.32 Å². The molecule has 0 aromatic heterocycles. The average molecular weight is 262 g/mol. The summed E-state index contributed by atoms with van der Waals surface area (Å²) in [5.41, 5.74) is 0. The molecular formula is C11H22N2O3S. The van der Waals surface area contributed by atoms with Crippen LogP contribution >= 0.6 is 0 Å². The number of hydrogen-bond donors (Lipinski definition) is 1. The molecule has 0 aromatic rings. The van der Waals surface area contributed by atoms with Crippen molar-refractivity contribution in [2.45, 2.75) is 38.6 Å². The molecule has 1 amide bonds. The van der Waals surface area contributed by atoms with Gasteiger partial charge in [0.2, 0.25) is 15.9 Å². The van der Waals surface area contributed by atoms with Crippen LogP contribution in [0.4, 0.5) is 0 Å². The molecule has 0 saturated heterocycles. The van der Waals surface area contributed by atoms with Crippen LogP contribution in [0.2, 0.25) is 0 Å². The van der Waals surface area contributed by atoms with Crippen LogP contribution in [-0.2, 0) is 14.8 Å². The molecule has 5 nitrogen and oxygen atoms in total. The first-order valence-corrected chi connectivity index (χ1v) is 7.61. The monoisotopic (exact) mass is 262 g/mol. The Bertz CT molecular complexity index is 365. The second-order valence-corrected chi connectivity index (χ2v) is 7.26. The Morgan fingerprint density at radius 3 is 2.53 bits per heavy atom. The molecule has 1 fully saturated rings. The largest absolute Gasteiger partial charge is 0.352 e. The van der Waals surface area contributed by atoms with Gasteiger partial charge in [0, 0.05) is 20.1 Å². The third kappa shape index (κ3) is 4.63. The van der Waals surface area contributed by atoms with E-state index in [9.17, 15) is 13.2 Å². The number of carbonyl (C=O) groups excluding carboxylic acids is 1. The quantitative estimate of drug-likeness (QED) is 0.805. The molecule has 1 aliphatic carbocycles. The molecule has 0 spiro atoms. The highest BCUT2D eigenvalue weighted by atomic mass is 32.2. The molecular weight excluding hydrogens is 240 g/mol. The van der Waals surface area contributed by atoms with E-state index in [1.807, 2.05) is 0 Å². The number of rotatable bonds is 4. The molecule has 2 unspecified atom stereocenters. The highest BCUT2D eigenvalue weighted by Crippen LogP contribution is 2.23. The fraction of sp³-hybridized carbons (Fsp3) is 0.909. The lowest BCUT2D eigenvalue weighted by molar-refractivity contribution is -0.119. The normalized spacial score (nSPS) is 25.9. The molecule has 17 heavy (non-hydrogen) atoms. The molecule has 1 saturated carbocycles. The van der Waals surface area contributed by atoms with Crippen molar-refractivity contribution in [1.82, 2.24) is 9.62 Å². The summed E-state index contributed by atoms with van der Waals surface area (Å²) in [6.45, 7) is 2.16. The van der Waals surface area contributed by atoms with Crippen LogP contribution in [0.15, 0.2) is 0 Å². The highest BCUT2D eigenvalue weighted by Gasteiger charge is 2.24. The summed E-state index contributed by atoms with van der Waals surface area (Å²) in [6.07, 6.45) is 4.21. The van der Waals surface area contributed by atoms with Gasteiger partial charge in [-0.05, 0) is 18.8 Å². The van der Waals surface area contributed by atoms with Crippen molar-refractivity contribution in [3.63, 3.8) is 0 Å². The standard InChI is InChI=1S/C11H22N2O3S/c1-9-5-4-6-10(7-9)12-11(14)8-17(15,16)13(2)3/h9-10H,4-8H2,1-3H3,(H,12,14). The fourth-order valence-electron chi connectivity index (χ4n) is 2.13. The van der Waals surface area contributed by atoms with Gasteiger partial charge in [-0.15, -0.1) is 0 Å². The lowest BCUT2D eigenvalue weighted by Crippen LogP contribution is -2.42. The van der Waals surface area contributed by atoms with Crippen molar-refractivity contribution >= 4 is 15.9 Å². The van der Waals surface area contributed by atoms with Crippen molar-refractivity contribution in [2.24, 2.45) is 5.92 Å². The Balaban J connectivity index is 2.44. The maximum atomic E-state index is 11.6. The molecule has 6 heteroatoms. The van der Waals surface area contributed by atoms with Gasteiger partial charge in [-0.3, -0.25) is 4.79 Å². The molecule has 0 aromatic carbocycles. The summed E-state index contributed by atoms with van der Waals surface area (Å²) < 4.78 is 24.1. The first kappa shape index (κ1) is 14.4.